The van der Waals surface area contributed by atoms with Gasteiger partial charge in [0.25, 0.3) is 15.9 Å². The molecule has 0 saturated carbocycles. The van der Waals surface area contributed by atoms with E-state index in [4.69, 9.17) is 0 Å². The van der Waals surface area contributed by atoms with Gasteiger partial charge in [-0.1, -0.05) is 35.9 Å². The molecular weight excluding hydrogens is 388 g/mol. The Balaban J connectivity index is 1.77. The van der Waals surface area contributed by atoms with E-state index in [9.17, 15) is 18.3 Å². The highest BCUT2D eigenvalue weighted by molar-refractivity contribution is 7.92. The van der Waals surface area contributed by atoms with E-state index in [0.717, 1.165) is 11.1 Å². The quantitative estimate of drug-likeness (QED) is 0.572. The van der Waals surface area contributed by atoms with Crippen LogP contribution in [0.2, 0.25) is 0 Å². The predicted molar refractivity (Wildman–Crippen MR) is 112 cm³/mol. The van der Waals surface area contributed by atoms with Crippen LogP contribution in [0, 0.1) is 6.92 Å². The molecule has 1 unspecified atom stereocenters. The summed E-state index contributed by atoms with van der Waals surface area (Å²) in [6, 6.07) is 19.1. The Kier molecular flexibility index (Phi) is 5.89. The zero-order valence-electron chi connectivity index (χ0n) is 16.1. The number of carbonyl (C=O) groups is 1. The lowest BCUT2D eigenvalue weighted by atomic mass is 10.1. The molecule has 0 spiro atoms. The van der Waals surface area contributed by atoms with E-state index >= 15 is 0 Å². The molecule has 3 aromatic carbocycles. The Hall–Kier alpha value is -3.32. The molecular formula is C22H22N2O4S. The molecule has 7 heteroatoms. The molecule has 0 heterocycles. The Morgan fingerprint density at radius 3 is 2.34 bits per heavy atom. The maximum Gasteiger partial charge on any atom is 0.261 e. The first-order valence-electron chi connectivity index (χ1n) is 9.04. The fourth-order valence-electron chi connectivity index (χ4n) is 2.80. The third-order valence-electron chi connectivity index (χ3n) is 4.43. The minimum atomic E-state index is -3.83. The van der Waals surface area contributed by atoms with Crippen molar-refractivity contribution in [3.8, 4) is 5.75 Å². The second-order valence-electron chi connectivity index (χ2n) is 6.79. The average Bonchev–Trinajstić information content (AvgIpc) is 2.69. The predicted octanol–water partition coefficient (Wildman–Crippen LogP) is 3.99. The number of benzene rings is 3. The number of amides is 1. The zero-order valence-corrected chi connectivity index (χ0v) is 16.9. The van der Waals surface area contributed by atoms with Gasteiger partial charge in [-0.05, 0) is 61.9 Å². The van der Waals surface area contributed by atoms with Gasteiger partial charge in [0.15, 0.2) is 0 Å². The second-order valence-corrected chi connectivity index (χ2v) is 8.47. The second kappa shape index (κ2) is 8.36. The fraction of sp³-hybridized carbons (Fsp3) is 0.136. The number of hydrogen-bond donors (Lipinski definition) is 3. The van der Waals surface area contributed by atoms with Gasteiger partial charge >= 0.3 is 0 Å². The summed E-state index contributed by atoms with van der Waals surface area (Å²) < 4.78 is 27.9. The van der Waals surface area contributed by atoms with Gasteiger partial charge in [-0.3, -0.25) is 9.52 Å². The molecule has 3 N–H and O–H groups in total. The van der Waals surface area contributed by atoms with Crippen molar-refractivity contribution in [2.24, 2.45) is 0 Å². The van der Waals surface area contributed by atoms with E-state index < -0.39 is 15.9 Å². The summed E-state index contributed by atoms with van der Waals surface area (Å²) in [6.07, 6.45) is 0. The standard InChI is InChI=1S/C22H22N2O4S/c1-15-9-11-19(12-10-15)24-29(27,28)21-8-4-6-18(14-21)22(26)23-16(2)17-5-3-7-20(25)13-17/h3-14,16,24-25H,1-2H3,(H,23,26). The van der Waals surface area contributed by atoms with Crippen molar-refractivity contribution < 1.29 is 18.3 Å². The van der Waals surface area contributed by atoms with Crippen LogP contribution in [0.5, 0.6) is 5.75 Å². The van der Waals surface area contributed by atoms with Crippen LogP contribution in [0.4, 0.5) is 5.69 Å². The average molecular weight is 410 g/mol. The molecule has 0 aliphatic rings. The number of anilines is 1. The van der Waals surface area contributed by atoms with Crippen LogP contribution in [0.25, 0.3) is 0 Å². The first-order valence-corrected chi connectivity index (χ1v) is 10.5. The van der Waals surface area contributed by atoms with E-state index in [-0.39, 0.29) is 22.3 Å². The number of carbonyl (C=O) groups excluding carboxylic acids is 1. The fourth-order valence-corrected chi connectivity index (χ4v) is 3.90. The summed E-state index contributed by atoms with van der Waals surface area (Å²) in [5.74, 6) is -0.299. The minimum Gasteiger partial charge on any atom is -0.508 e. The molecule has 150 valence electrons. The van der Waals surface area contributed by atoms with E-state index in [1.807, 2.05) is 19.1 Å². The molecule has 0 bridgehead atoms. The van der Waals surface area contributed by atoms with Crippen LogP contribution in [0.1, 0.15) is 34.5 Å². The molecule has 3 aromatic rings. The van der Waals surface area contributed by atoms with E-state index in [0.29, 0.717) is 5.69 Å². The molecule has 0 aromatic heterocycles. The van der Waals surface area contributed by atoms with Crippen molar-refractivity contribution in [2.45, 2.75) is 24.8 Å². The number of hydrogen-bond acceptors (Lipinski definition) is 4. The molecule has 0 aliphatic heterocycles. The maximum atomic E-state index is 12.7. The summed E-state index contributed by atoms with van der Waals surface area (Å²) in [5.41, 5.74) is 2.43. The smallest absolute Gasteiger partial charge is 0.261 e. The molecule has 0 saturated heterocycles. The van der Waals surface area contributed by atoms with Crippen LogP contribution in [0.15, 0.2) is 77.7 Å². The summed E-state index contributed by atoms with van der Waals surface area (Å²) in [7, 11) is -3.83. The lowest BCUT2D eigenvalue weighted by Gasteiger charge is -2.15. The molecule has 3 rings (SSSR count). The highest BCUT2D eigenvalue weighted by atomic mass is 32.2. The summed E-state index contributed by atoms with van der Waals surface area (Å²) in [6.45, 7) is 3.70. The topological polar surface area (TPSA) is 95.5 Å². The van der Waals surface area contributed by atoms with Gasteiger partial charge in [0.2, 0.25) is 0 Å². The van der Waals surface area contributed by atoms with E-state index in [1.54, 1.807) is 49.4 Å². The van der Waals surface area contributed by atoms with Crippen molar-refractivity contribution in [3.05, 3.63) is 89.5 Å². The number of phenols is 1. The Labute approximate surface area is 170 Å². The van der Waals surface area contributed by atoms with Crippen LogP contribution >= 0.6 is 0 Å². The first kappa shape index (κ1) is 20.4. The van der Waals surface area contributed by atoms with Crippen LogP contribution in [-0.4, -0.2) is 19.4 Å². The van der Waals surface area contributed by atoms with Crippen LogP contribution in [-0.2, 0) is 10.0 Å². The highest BCUT2D eigenvalue weighted by Gasteiger charge is 2.18. The van der Waals surface area contributed by atoms with Gasteiger partial charge in [0, 0.05) is 11.3 Å². The molecule has 0 radical (unpaired) electrons. The van der Waals surface area contributed by atoms with E-state index in [2.05, 4.69) is 10.0 Å². The number of nitrogens with one attached hydrogen (secondary N) is 2. The van der Waals surface area contributed by atoms with Gasteiger partial charge in [-0.25, -0.2) is 8.42 Å². The molecule has 6 nitrogen and oxygen atoms in total. The van der Waals surface area contributed by atoms with Gasteiger partial charge in [0.05, 0.1) is 10.9 Å². The van der Waals surface area contributed by atoms with Gasteiger partial charge in [0.1, 0.15) is 5.75 Å². The van der Waals surface area contributed by atoms with Crippen molar-refractivity contribution in [1.82, 2.24) is 5.32 Å². The highest BCUT2D eigenvalue weighted by Crippen LogP contribution is 2.20. The number of aromatic hydroxyl groups is 1. The molecule has 1 atom stereocenters. The van der Waals surface area contributed by atoms with Crippen molar-refractivity contribution in [3.63, 3.8) is 0 Å². The van der Waals surface area contributed by atoms with Crippen molar-refractivity contribution >= 4 is 21.6 Å². The Morgan fingerprint density at radius 1 is 0.966 bits per heavy atom. The number of aryl methyl sites for hydroxylation is 1. The zero-order chi connectivity index (χ0) is 21.0. The molecule has 1 amide bonds. The molecule has 0 aliphatic carbocycles. The summed E-state index contributed by atoms with van der Waals surface area (Å²) in [5, 5.41) is 12.4. The monoisotopic (exact) mass is 410 g/mol. The third-order valence-corrected chi connectivity index (χ3v) is 5.81. The van der Waals surface area contributed by atoms with Crippen molar-refractivity contribution in [1.29, 1.82) is 0 Å². The van der Waals surface area contributed by atoms with Crippen LogP contribution in [0.3, 0.4) is 0 Å². The molecule has 0 fully saturated rings. The first-order chi connectivity index (χ1) is 13.7. The summed E-state index contributed by atoms with van der Waals surface area (Å²) in [4.78, 5) is 12.6. The normalized spacial score (nSPS) is 12.2. The SMILES string of the molecule is Cc1ccc(NS(=O)(=O)c2cccc(C(=O)NC(C)c3cccc(O)c3)c2)cc1. The van der Waals surface area contributed by atoms with Gasteiger partial charge in [-0.2, -0.15) is 0 Å². The Morgan fingerprint density at radius 2 is 1.66 bits per heavy atom. The minimum absolute atomic E-state index is 0.00395. The van der Waals surface area contributed by atoms with Gasteiger partial charge < -0.3 is 10.4 Å². The van der Waals surface area contributed by atoms with Gasteiger partial charge in [-0.15, -0.1) is 0 Å². The summed E-state index contributed by atoms with van der Waals surface area (Å²) >= 11 is 0. The lowest BCUT2D eigenvalue weighted by molar-refractivity contribution is 0.0939. The number of sulfonamides is 1. The largest absolute Gasteiger partial charge is 0.508 e. The Bertz CT molecular complexity index is 1130. The maximum absolute atomic E-state index is 12.7. The lowest BCUT2D eigenvalue weighted by Crippen LogP contribution is -2.27. The third kappa shape index (κ3) is 5.14. The van der Waals surface area contributed by atoms with Crippen molar-refractivity contribution in [2.75, 3.05) is 4.72 Å². The number of phenolic OH excluding ortho intramolecular Hbond substituents is 1. The number of rotatable bonds is 6. The van der Waals surface area contributed by atoms with Crippen LogP contribution < -0.4 is 10.0 Å². The molecule has 29 heavy (non-hydrogen) atoms. The van der Waals surface area contributed by atoms with E-state index in [1.165, 1.54) is 18.2 Å².